The molecule has 0 saturated carbocycles. The van der Waals surface area contributed by atoms with Crippen molar-refractivity contribution in [3.8, 4) is 0 Å². The Morgan fingerprint density at radius 1 is 1.67 bits per heavy atom. The van der Waals surface area contributed by atoms with E-state index in [1.165, 1.54) is 12.4 Å². The monoisotopic (exact) mass is 211 g/mol. The van der Waals surface area contributed by atoms with Crippen LogP contribution in [-0.4, -0.2) is 40.8 Å². The van der Waals surface area contributed by atoms with Crippen LogP contribution in [0.25, 0.3) is 0 Å². The summed E-state index contributed by atoms with van der Waals surface area (Å²) in [5.74, 6) is -0.662. The highest BCUT2D eigenvalue weighted by atomic mass is 16.5. The fraction of sp³-hybridized carbons (Fsp3) is 0.444. The van der Waals surface area contributed by atoms with Gasteiger partial charge in [0.25, 0.3) is 0 Å². The zero-order valence-electron chi connectivity index (χ0n) is 8.60. The van der Waals surface area contributed by atoms with E-state index in [-0.39, 0.29) is 11.7 Å². The van der Waals surface area contributed by atoms with E-state index in [1.807, 2.05) is 6.92 Å². The maximum atomic E-state index is 10.6. The molecular formula is C9H13N3O3. The van der Waals surface area contributed by atoms with Gasteiger partial charge in [0.05, 0.1) is 19.0 Å². The number of nitrogens with zero attached hydrogens (tertiary/aromatic N) is 2. The van der Waals surface area contributed by atoms with Crippen molar-refractivity contribution in [2.24, 2.45) is 0 Å². The minimum absolute atomic E-state index is 0.0494. The first kappa shape index (κ1) is 11.4. The number of carbonyl (C=O) groups is 1. The van der Waals surface area contributed by atoms with Crippen LogP contribution in [0.5, 0.6) is 0 Å². The number of hydrogen-bond acceptors (Lipinski definition) is 5. The molecule has 0 aliphatic carbocycles. The lowest BCUT2D eigenvalue weighted by molar-refractivity contribution is 0.0690. The lowest BCUT2D eigenvalue weighted by Gasteiger charge is -2.12. The summed E-state index contributed by atoms with van der Waals surface area (Å²) in [6, 6.07) is 0.0494. The number of rotatable bonds is 5. The third-order valence-electron chi connectivity index (χ3n) is 1.66. The lowest BCUT2D eigenvalue weighted by Crippen LogP contribution is -2.22. The average molecular weight is 211 g/mol. The summed E-state index contributed by atoms with van der Waals surface area (Å²) in [7, 11) is 1.59. The van der Waals surface area contributed by atoms with Gasteiger partial charge in [-0.25, -0.2) is 9.78 Å². The molecular weight excluding hydrogens is 198 g/mol. The third-order valence-corrected chi connectivity index (χ3v) is 1.66. The van der Waals surface area contributed by atoms with E-state index in [1.54, 1.807) is 7.11 Å². The smallest absolute Gasteiger partial charge is 0.356 e. The van der Waals surface area contributed by atoms with Gasteiger partial charge < -0.3 is 15.2 Å². The molecule has 6 heteroatoms. The molecule has 0 aromatic carbocycles. The molecule has 0 aliphatic heterocycles. The second-order valence-corrected chi connectivity index (χ2v) is 3.10. The summed E-state index contributed by atoms with van der Waals surface area (Å²) in [4.78, 5) is 18.2. The number of aromatic carboxylic acids is 1. The van der Waals surface area contributed by atoms with Crippen molar-refractivity contribution >= 4 is 11.8 Å². The summed E-state index contributed by atoms with van der Waals surface area (Å²) < 4.78 is 4.93. The molecule has 6 nitrogen and oxygen atoms in total. The van der Waals surface area contributed by atoms with E-state index >= 15 is 0 Å². The highest BCUT2D eigenvalue weighted by Gasteiger charge is 2.07. The van der Waals surface area contributed by atoms with Crippen LogP contribution in [0.2, 0.25) is 0 Å². The number of anilines is 1. The van der Waals surface area contributed by atoms with Crippen LogP contribution < -0.4 is 5.32 Å². The van der Waals surface area contributed by atoms with Gasteiger partial charge in [-0.2, -0.15) is 0 Å². The Morgan fingerprint density at radius 3 is 3.00 bits per heavy atom. The summed E-state index contributed by atoms with van der Waals surface area (Å²) in [6.07, 6.45) is 2.67. The summed E-state index contributed by atoms with van der Waals surface area (Å²) in [6.45, 7) is 2.41. The highest BCUT2D eigenvalue weighted by molar-refractivity contribution is 5.85. The molecule has 2 N–H and O–H groups in total. The van der Waals surface area contributed by atoms with Crippen molar-refractivity contribution in [2.75, 3.05) is 19.0 Å². The summed E-state index contributed by atoms with van der Waals surface area (Å²) in [5.41, 5.74) is -0.0791. The third kappa shape index (κ3) is 3.51. The van der Waals surface area contributed by atoms with Crippen LogP contribution in [-0.2, 0) is 4.74 Å². The van der Waals surface area contributed by atoms with Crippen LogP contribution in [0.3, 0.4) is 0 Å². The molecule has 1 aromatic rings. The van der Waals surface area contributed by atoms with E-state index in [0.717, 1.165) is 0 Å². The fourth-order valence-electron chi connectivity index (χ4n) is 1.08. The van der Waals surface area contributed by atoms with Crippen molar-refractivity contribution in [1.82, 2.24) is 9.97 Å². The van der Waals surface area contributed by atoms with Crippen molar-refractivity contribution in [2.45, 2.75) is 13.0 Å². The van der Waals surface area contributed by atoms with Gasteiger partial charge in [-0.05, 0) is 6.92 Å². The molecule has 0 saturated heterocycles. The van der Waals surface area contributed by atoms with Gasteiger partial charge in [-0.3, -0.25) is 4.98 Å². The summed E-state index contributed by atoms with van der Waals surface area (Å²) >= 11 is 0. The predicted octanol–water partition coefficient (Wildman–Crippen LogP) is 0.622. The SMILES string of the molecule is COCC(C)Nc1cncc(C(=O)O)n1. The Bertz CT molecular complexity index is 343. The maximum absolute atomic E-state index is 10.6. The van der Waals surface area contributed by atoms with Gasteiger partial charge >= 0.3 is 5.97 Å². The lowest BCUT2D eigenvalue weighted by atomic mass is 10.3. The van der Waals surface area contributed by atoms with E-state index in [0.29, 0.717) is 12.4 Å². The largest absolute Gasteiger partial charge is 0.476 e. The number of ether oxygens (including phenoxy) is 1. The van der Waals surface area contributed by atoms with Crippen LogP contribution >= 0.6 is 0 Å². The van der Waals surface area contributed by atoms with Crippen LogP contribution in [0.1, 0.15) is 17.4 Å². The van der Waals surface area contributed by atoms with E-state index < -0.39 is 5.97 Å². The Kier molecular flexibility index (Phi) is 3.99. The van der Waals surface area contributed by atoms with Gasteiger partial charge in [0.1, 0.15) is 5.82 Å². The number of carboxylic acid groups (broad SMARTS) is 1. The number of nitrogens with one attached hydrogen (secondary N) is 1. The first-order chi connectivity index (χ1) is 7.13. The van der Waals surface area contributed by atoms with Crippen molar-refractivity contribution < 1.29 is 14.6 Å². The van der Waals surface area contributed by atoms with E-state index in [4.69, 9.17) is 9.84 Å². The molecule has 1 heterocycles. The van der Waals surface area contributed by atoms with E-state index in [2.05, 4.69) is 15.3 Å². The molecule has 15 heavy (non-hydrogen) atoms. The molecule has 1 aromatic heterocycles. The zero-order valence-corrected chi connectivity index (χ0v) is 8.60. The average Bonchev–Trinajstić information content (AvgIpc) is 2.18. The van der Waals surface area contributed by atoms with Gasteiger partial charge in [0, 0.05) is 13.2 Å². The molecule has 0 spiro atoms. The molecule has 1 rings (SSSR count). The van der Waals surface area contributed by atoms with Gasteiger partial charge in [-0.1, -0.05) is 0 Å². The van der Waals surface area contributed by atoms with Crippen molar-refractivity contribution in [3.05, 3.63) is 18.1 Å². The molecule has 1 atom stereocenters. The molecule has 0 radical (unpaired) electrons. The Labute approximate surface area is 87.3 Å². The van der Waals surface area contributed by atoms with Crippen molar-refractivity contribution in [3.63, 3.8) is 0 Å². The second-order valence-electron chi connectivity index (χ2n) is 3.10. The molecule has 82 valence electrons. The van der Waals surface area contributed by atoms with Gasteiger partial charge in [-0.15, -0.1) is 0 Å². The number of methoxy groups -OCH3 is 1. The zero-order chi connectivity index (χ0) is 11.3. The van der Waals surface area contributed by atoms with Gasteiger partial charge in [0.2, 0.25) is 0 Å². The number of aromatic nitrogens is 2. The molecule has 0 bridgehead atoms. The first-order valence-electron chi connectivity index (χ1n) is 4.44. The quantitative estimate of drug-likeness (QED) is 0.742. The van der Waals surface area contributed by atoms with E-state index in [9.17, 15) is 4.79 Å². The normalized spacial score (nSPS) is 12.1. The van der Waals surface area contributed by atoms with Gasteiger partial charge in [0.15, 0.2) is 5.69 Å². The second kappa shape index (κ2) is 5.26. The molecule has 0 aliphatic rings. The van der Waals surface area contributed by atoms with Crippen LogP contribution in [0.4, 0.5) is 5.82 Å². The Morgan fingerprint density at radius 2 is 2.40 bits per heavy atom. The molecule has 0 amide bonds. The minimum Gasteiger partial charge on any atom is -0.476 e. The number of carboxylic acids is 1. The van der Waals surface area contributed by atoms with Crippen LogP contribution in [0, 0.1) is 0 Å². The van der Waals surface area contributed by atoms with Crippen molar-refractivity contribution in [1.29, 1.82) is 0 Å². The fourth-order valence-corrected chi connectivity index (χ4v) is 1.08. The Hall–Kier alpha value is -1.69. The maximum Gasteiger partial charge on any atom is 0.356 e. The molecule has 1 unspecified atom stereocenters. The first-order valence-corrected chi connectivity index (χ1v) is 4.44. The molecule has 0 fully saturated rings. The van der Waals surface area contributed by atoms with Crippen LogP contribution in [0.15, 0.2) is 12.4 Å². The number of hydrogen-bond donors (Lipinski definition) is 2. The predicted molar refractivity (Wildman–Crippen MR) is 54.0 cm³/mol. The minimum atomic E-state index is -1.09. The highest BCUT2D eigenvalue weighted by Crippen LogP contribution is 2.04. The Balaban J connectivity index is 2.69. The topological polar surface area (TPSA) is 84.3 Å². The standard InChI is InChI=1S/C9H13N3O3/c1-6(5-15-2)11-8-4-10-3-7(12-8)9(13)14/h3-4,6H,5H2,1-2H3,(H,11,12)(H,13,14). The summed E-state index contributed by atoms with van der Waals surface area (Å²) in [5, 5.41) is 11.7.